The largest absolute Gasteiger partial charge is 0.497 e. The molecular formula is C29H27N5O4. The van der Waals surface area contributed by atoms with E-state index in [0.717, 1.165) is 11.1 Å². The lowest BCUT2D eigenvalue weighted by Crippen LogP contribution is -2.44. The third-order valence-corrected chi connectivity index (χ3v) is 6.21. The van der Waals surface area contributed by atoms with Crippen LogP contribution in [0.4, 0.5) is 0 Å². The van der Waals surface area contributed by atoms with E-state index in [0.29, 0.717) is 29.1 Å². The number of ether oxygens (including phenoxy) is 1. The van der Waals surface area contributed by atoms with E-state index in [4.69, 9.17) is 9.15 Å². The summed E-state index contributed by atoms with van der Waals surface area (Å²) in [7, 11) is 1.56. The number of nitrogens with zero attached hydrogens (tertiary/aromatic N) is 4. The van der Waals surface area contributed by atoms with Crippen molar-refractivity contribution < 1.29 is 18.7 Å². The maximum absolute atomic E-state index is 13.9. The van der Waals surface area contributed by atoms with Crippen LogP contribution in [0.5, 0.6) is 5.75 Å². The molecule has 38 heavy (non-hydrogen) atoms. The number of carbonyl (C=O) groups excluding carboxylic acids is 2. The number of carbonyl (C=O) groups is 2. The van der Waals surface area contributed by atoms with Gasteiger partial charge in [0.15, 0.2) is 0 Å². The Bertz CT molecular complexity index is 1510. The Kier molecular flexibility index (Phi) is 7.44. The molecule has 5 rings (SSSR count). The number of benzene rings is 3. The minimum Gasteiger partial charge on any atom is -0.497 e. The van der Waals surface area contributed by atoms with Gasteiger partial charge in [-0.2, -0.15) is 0 Å². The highest BCUT2D eigenvalue weighted by Crippen LogP contribution is 2.28. The van der Waals surface area contributed by atoms with Gasteiger partial charge in [0.1, 0.15) is 29.6 Å². The van der Waals surface area contributed by atoms with Crippen molar-refractivity contribution in [1.82, 2.24) is 25.2 Å². The number of amides is 2. The lowest BCUT2D eigenvalue weighted by molar-refractivity contribution is -0.142. The molecule has 9 heteroatoms. The third-order valence-electron chi connectivity index (χ3n) is 6.21. The predicted molar refractivity (Wildman–Crippen MR) is 141 cm³/mol. The van der Waals surface area contributed by atoms with E-state index in [1.807, 2.05) is 60.7 Å². The average molecular weight is 510 g/mol. The van der Waals surface area contributed by atoms with E-state index >= 15 is 0 Å². The first-order valence-electron chi connectivity index (χ1n) is 12.2. The summed E-state index contributed by atoms with van der Waals surface area (Å²) in [4.78, 5) is 29.2. The van der Waals surface area contributed by atoms with Crippen molar-refractivity contribution in [2.24, 2.45) is 0 Å². The van der Waals surface area contributed by atoms with Crippen LogP contribution in [0, 0.1) is 0 Å². The zero-order valence-electron chi connectivity index (χ0n) is 20.9. The lowest BCUT2D eigenvalue weighted by atomic mass is 10.0. The maximum Gasteiger partial charge on any atom is 0.247 e. The first kappa shape index (κ1) is 24.8. The molecule has 1 N–H and O–H groups in total. The summed E-state index contributed by atoms with van der Waals surface area (Å²) in [5.41, 5.74) is 2.97. The Morgan fingerprint density at radius 3 is 2.61 bits per heavy atom. The molecule has 0 aliphatic carbocycles. The predicted octanol–water partition coefficient (Wildman–Crippen LogP) is 4.12. The summed E-state index contributed by atoms with van der Waals surface area (Å²) in [5.74, 6) is 0.478. The van der Waals surface area contributed by atoms with Crippen LogP contribution in [0.25, 0.3) is 11.0 Å². The molecule has 0 unspecified atom stereocenters. The zero-order chi connectivity index (χ0) is 26.3. The monoisotopic (exact) mass is 509 g/mol. The van der Waals surface area contributed by atoms with Gasteiger partial charge in [-0.15, -0.1) is 5.10 Å². The second-order valence-corrected chi connectivity index (χ2v) is 8.72. The van der Waals surface area contributed by atoms with Gasteiger partial charge in [-0.3, -0.25) is 9.59 Å². The molecule has 9 nitrogen and oxygen atoms in total. The molecule has 2 heterocycles. The van der Waals surface area contributed by atoms with Crippen LogP contribution in [0.1, 0.15) is 22.9 Å². The third kappa shape index (κ3) is 5.57. The number of hydrogen-bond acceptors (Lipinski definition) is 6. The SMILES string of the molecule is COc1cccc([C@H](C(=O)NCc2ccccc2)N(Cc2ccco2)C(=O)Cn2nnc3ccccc32)c1. The van der Waals surface area contributed by atoms with Gasteiger partial charge in [-0.1, -0.05) is 59.8 Å². The van der Waals surface area contributed by atoms with E-state index in [1.165, 1.54) is 9.58 Å². The van der Waals surface area contributed by atoms with E-state index < -0.39 is 6.04 Å². The molecule has 3 aromatic carbocycles. The van der Waals surface area contributed by atoms with Crippen LogP contribution in [-0.4, -0.2) is 38.8 Å². The van der Waals surface area contributed by atoms with Crippen LogP contribution in [-0.2, 0) is 29.2 Å². The fraction of sp³-hybridized carbons (Fsp3) is 0.172. The summed E-state index contributed by atoms with van der Waals surface area (Å²) >= 11 is 0. The van der Waals surface area contributed by atoms with E-state index in [-0.39, 0.29) is 24.9 Å². The Labute approximate surface area is 219 Å². The van der Waals surface area contributed by atoms with Crippen LogP contribution >= 0.6 is 0 Å². The van der Waals surface area contributed by atoms with Crippen molar-refractivity contribution in [3.63, 3.8) is 0 Å². The first-order valence-corrected chi connectivity index (χ1v) is 12.2. The summed E-state index contributed by atoms with van der Waals surface area (Å²) in [6.07, 6.45) is 1.54. The zero-order valence-corrected chi connectivity index (χ0v) is 20.9. The molecule has 0 aliphatic heterocycles. The van der Waals surface area contributed by atoms with Gasteiger partial charge in [-0.25, -0.2) is 4.68 Å². The molecule has 0 saturated heterocycles. The van der Waals surface area contributed by atoms with Gasteiger partial charge in [0, 0.05) is 6.54 Å². The number of rotatable bonds is 10. The summed E-state index contributed by atoms with van der Waals surface area (Å²) in [5, 5.41) is 11.3. The summed E-state index contributed by atoms with van der Waals surface area (Å²) in [6, 6.07) is 26.8. The molecule has 2 amide bonds. The van der Waals surface area contributed by atoms with Gasteiger partial charge < -0.3 is 19.4 Å². The molecule has 5 aromatic rings. The molecule has 0 bridgehead atoms. The van der Waals surface area contributed by atoms with Crippen molar-refractivity contribution in [2.45, 2.75) is 25.7 Å². The van der Waals surface area contributed by atoms with Gasteiger partial charge in [0.25, 0.3) is 0 Å². The van der Waals surface area contributed by atoms with Crippen LogP contribution in [0.15, 0.2) is 102 Å². The molecule has 2 aromatic heterocycles. The Balaban J connectivity index is 1.51. The number of furan rings is 1. The van der Waals surface area contributed by atoms with Crippen LogP contribution in [0.2, 0.25) is 0 Å². The summed E-state index contributed by atoms with van der Waals surface area (Å²) < 4.78 is 12.5. The van der Waals surface area contributed by atoms with Gasteiger partial charge in [0.05, 0.1) is 25.4 Å². The minimum atomic E-state index is -0.957. The van der Waals surface area contributed by atoms with E-state index in [2.05, 4.69) is 15.6 Å². The number of aromatic nitrogens is 3. The maximum atomic E-state index is 13.9. The van der Waals surface area contributed by atoms with E-state index in [1.54, 1.807) is 43.7 Å². The second kappa shape index (κ2) is 11.4. The number of hydrogen-bond donors (Lipinski definition) is 1. The molecule has 0 aliphatic rings. The lowest BCUT2D eigenvalue weighted by Gasteiger charge is -2.31. The van der Waals surface area contributed by atoms with Crippen molar-refractivity contribution in [3.05, 3.63) is 114 Å². The van der Waals surface area contributed by atoms with Gasteiger partial charge in [0.2, 0.25) is 11.8 Å². The van der Waals surface area contributed by atoms with Crippen LogP contribution in [0.3, 0.4) is 0 Å². The average Bonchev–Trinajstić information content (AvgIpc) is 3.62. The van der Waals surface area contributed by atoms with Crippen LogP contribution < -0.4 is 10.1 Å². The van der Waals surface area contributed by atoms with Crippen molar-refractivity contribution >= 4 is 22.8 Å². The molecule has 1 atom stereocenters. The fourth-order valence-electron chi connectivity index (χ4n) is 4.31. The highest BCUT2D eigenvalue weighted by Gasteiger charge is 2.33. The Morgan fingerprint density at radius 1 is 1.00 bits per heavy atom. The topological polar surface area (TPSA) is 102 Å². The van der Waals surface area contributed by atoms with Crippen molar-refractivity contribution in [1.29, 1.82) is 0 Å². The Hall–Kier alpha value is -4.92. The number of methoxy groups -OCH3 is 1. The first-order chi connectivity index (χ1) is 18.6. The van der Waals surface area contributed by atoms with E-state index in [9.17, 15) is 9.59 Å². The fourth-order valence-corrected chi connectivity index (χ4v) is 4.31. The summed E-state index contributed by atoms with van der Waals surface area (Å²) in [6.45, 7) is 0.295. The number of para-hydroxylation sites is 1. The van der Waals surface area contributed by atoms with Crippen molar-refractivity contribution in [3.8, 4) is 5.75 Å². The molecule has 0 radical (unpaired) electrons. The van der Waals surface area contributed by atoms with Gasteiger partial charge in [-0.05, 0) is 47.5 Å². The highest BCUT2D eigenvalue weighted by molar-refractivity contribution is 5.89. The minimum absolute atomic E-state index is 0.0824. The standard InChI is InChI=1S/C29H27N5O4/c1-37-23-12-7-11-22(17-23)28(29(36)30-18-21-9-3-2-4-10-21)33(19-24-13-8-16-38-24)27(35)20-34-26-15-6-5-14-25(26)31-32-34/h2-17,28H,18-20H2,1H3,(H,30,36)/t28-/m1/s1. The molecule has 192 valence electrons. The number of nitrogens with one attached hydrogen (secondary N) is 1. The quantitative estimate of drug-likeness (QED) is 0.304. The number of fused-ring (bicyclic) bond motifs is 1. The molecular weight excluding hydrogens is 482 g/mol. The molecule has 0 spiro atoms. The molecule has 0 fully saturated rings. The smallest absolute Gasteiger partial charge is 0.247 e. The van der Waals surface area contributed by atoms with Gasteiger partial charge >= 0.3 is 0 Å². The highest BCUT2D eigenvalue weighted by atomic mass is 16.5. The molecule has 0 saturated carbocycles. The van der Waals surface area contributed by atoms with Crippen molar-refractivity contribution in [2.75, 3.05) is 7.11 Å². The normalized spacial score (nSPS) is 11.7. The second-order valence-electron chi connectivity index (χ2n) is 8.72. The Morgan fingerprint density at radius 2 is 1.82 bits per heavy atom.